The molecule has 4 rings (SSSR count). The second kappa shape index (κ2) is 9.30. The molecule has 2 aliphatic rings. The molecule has 4 heterocycles. The minimum absolute atomic E-state index is 0.0475. The molecule has 184 valence electrons. The van der Waals surface area contributed by atoms with E-state index in [-0.39, 0.29) is 16.9 Å². The van der Waals surface area contributed by atoms with Gasteiger partial charge in [0, 0.05) is 44.7 Å². The maximum absolute atomic E-state index is 13.2. The predicted octanol–water partition coefficient (Wildman–Crippen LogP) is 2.05. The van der Waals surface area contributed by atoms with Crippen molar-refractivity contribution in [3.8, 4) is 0 Å². The van der Waals surface area contributed by atoms with Gasteiger partial charge in [0.2, 0.25) is 5.91 Å². The number of likely N-dealkylation sites (tertiary alicyclic amines) is 1. The highest BCUT2D eigenvalue weighted by Crippen LogP contribution is 2.42. The van der Waals surface area contributed by atoms with Gasteiger partial charge in [0.05, 0.1) is 23.6 Å². The third-order valence-electron chi connectivity index (χ3n) is 5.44. The number of aliphatic carboxylic acids is 1. The first kappa shape index (κ1) is 25.0. The summed E-state index contributed by atoms with van der Waals surface area (Å²) in [5.74, 6) is -3.27. The lowest BCUT2D eigenvalue weighted by atomic mass is 9.86. The Hall–Kier alpha value is -3.65. The van der Waals surface area contributed by atoms with Crippen LogP contribution in [-0.2, 0) is 16.6 Å². The highest BCUT2D eigenvalue weighted by molar-refractivity contribution is 5.97. The molecule has 2 aliphatic heterocycles. The number of carbonyl (C=O) groups is 3. The molecule has 0 bridgehead atoms. The van der Waals surface area contributed by atoms with E-state index in [0.29, 0.717) is 38.2 Å². The largest absolute Gasteiger partial charge is 0.490 e. The fourth-order valence-electron chi connectivity index (χ4n) is 3.95. The minimum atomic E-state index is -5.08. The average Bonchev–Trinajstić information content (AvgIpc) is 3.45. The van der Waals surface area contributed by atoms with Gasteiger partial charge in [-0.2, -0.15) is 18.3 Å². The topological polar surface area (TPSA) is 122 Å². The van der Waals surface area contributed by atoms with Crippen molar-refractivity contribution in [2.45, 2.75) is 25.4 Å². The van der Waals surface area contributed by atoms with Gasteiger partial charge in [0.1, 0.15) is 12.0 Å². The average molecular weight is 490 g/mol. The van der Waals surface area contributed by atoms with E-state index in [2.05, 4.69) is 15.1 Å². The number of carboxylic acid groups (broad SMARTS) is 1. The number of halogens is 5. The number of aryl methyl sites for hydroxylation is 1. The number of nitrogens with zero attached hydrogens (tertiary/aromatic N) is 6. The summed E-state index contributed by atoms with van der Waals surface area (Å²) in [7, 11) is 1.50. The number of carboxylic acids is 1. The SMILES string of the molecule is Cn1cc(C(=O)N2CCC3(CC(=O)N(c4cncnc4)C3)C2)c(C(F)F)n1.O=C(O)C(F)(F)F. The molecule has 0 radical (unpaired) electrons. The summed E-state index contributed by atoms with van der Waals surface area (Å²) in [5, 5.41) is 10.8. The zero-order chi connectivity index (χ0) is 25.3. The van der Waals surface area contributed by atoms with Crippen LogP contribution in [0.5, 0.6) is 0 Å². The van der Waals surface area contributed by atoms with Crippen LogP contribution in [0.15, 0.2) is 24.9 Å². The lowest BCUT2D eigenvalue weighted by Gasteiger charge is -2.24. The Bertz CT molecular complexity index is 1080. The third-order valence-corrected chi connectivity index (χ3v) is 5.44. The van der Waals surface area contributed by atoms with E-state index in [0.717, 1.165) is 0 Å². The number of alkyl halides is 5. The third kappa shape index (κ3) is 5.28. The van der Waals surface area contributed by atoms with Crippen molar-refractivity contribution in [1.29, 1.82) is 0 Å². The molecule has 0 saturated carbocycles. The second-order valence-electron chi connectivity index (χ2n) is 7.94. The molecule has 1 atom stereocenters. The lowest BCUT2D eigenvalue weighted by molar-refractivity contribution is -0.192. The molecule has 0 aliphatic carbocycles. The van der Waals surface area contributed by atoms with E-state index in [1.54, 1.807) is 22.2 Å². The Morgan fingerprint density at radius 2 is 1.79 bits per heavy atom. The molecule has 1 spiro atoms. The number of anilines is 1. The molecule has 2 fully saturated rings. The Morgan fingerprint density at radius 1 is 1.18 bits per heavy atom. The number of carbonyl (C=O) groups excluding carboxylic acids is 2. The van der Waals surface area contributed by atoms with Crippen molar-refractivity contribution in [2.24, 2.45) is 12.5 Å². The van der Waals surface area contributed by atoms with E-state index in [4.69, 9.17) is 9.90 Å². The van der Waals surface area contributed by atoms with Crippen molar-refractivity contribution in [1.82, 2.24) is 24.6 Å². The molecule has 2 aromatic heterocycles. The quantitative estimate of drug-likeness (QED) is 0.654. The van der Waals surface area contributed by atoms with Gasteiger partial charge in [-0.25, -0.2) is 23.5 Å². The van der Waals surface area contributed by atoms with Gasteiger partial charge in [-0.1, -0.05) is 0 Å². The molecular weight excluding hydrogens is 471 g/mol. The summed E-state index contributed by atoms with van der Waals surface area (Å²) in [6, 6.07) is 0. The Balaban J connectivity index is 0.000000406. The molecule has 2 amide bonds. The molecule has 2 aromatic rings. The van der Waals surface area contributed by atoms with Crippen LogP contribution in [0.2, 0.25) is 0 Å². The first-order chi connectivity index (χ1) is 15.8. The van der Waals surface area contributed by atoms with Crippen LogP contribution in [-0.4, -0.2) is 73.3 Å². The highest BCUT2D eigenvalue weighted by Gasteiger charge is 2.49. The van der Waals surface area contributed by atoms with Gasteiger partial charge >= 0.3 is 12.1 Å². The minimum Gasteiger partial charge on any atom is -0.475 e. The summed E-state index contributed by atoms with van der Waals surface area (Å²) < 4.78 is 59.3. The fourth-order valence-corrected chi connectivity index (χ4v) is 3.95. The van der Waals surface area contributed by atoms with E-state index < -0.39 is 30.2 Å². The van der Waals surface area contributed by atoms with Crippen molar-refractivity contribution in [3.05, 3.63) is 36.2 Å². The van der Waals surface area contributed by atoms with Crippen LogP contribution in [0.4, 0.5) is 27.6 Å². The molecule has 1 N–H and O–H groups in total. The van der Waals surface area contributed by atoms with E-state index >= 15 is 0 Å². The zero-order valence-electron chi connectivity index (χ0n) is 17.7. The van der Waals surface area contributed by atoms with Crippen LogP contribution in [0.25, 0.3) is 0 Å². The predicted molar refractivity (Wildman–Crippen MR) is 104 cm³/mol. The summed E-state index contributed by atoms with van der Waals surface area (Å²) in [4.78, 5) is 45.2. The molecule has 34 heavy (non-hydrogen) atoms. The van der Waals surface area contributed by atoms with Crippen molar-refractivity contribution in [2.75, 3.05) is 24.5 Å². The molecule has 10 nitrogen and oxygen atoms in total. The van der Waals surface area contributed by atoms with Gasteiger partial charge in [-0.05, 0) is 6.42 Å². The van der Waals surface area contributed by atoms with Crippen LogP contribution in [0.1, 0.15) is 35.3 Å². The van der Waals surface area contributed by atoms with Gasteiger partial charge in [0.15, 0.2) is 0 Å². The first-order valence-electron chi connectivity index (χ1n) is 9.79. The van der Waals surface area contributed by atoms with Crippen LogP contribution >= 0.6 is 0 Å². The van der Waals surface area contributed by atoms with Crippen molar-refractivity contribution < 1.29 is 41.4 Å². The number of amides is 2. The Labute approximate surface area is 189 Å². The highest BCUT2D eigenvalue weighted by atomic mass is 19.4. The molecule has 15 heteroatoms. The maximum Gasteiger partial charge on any atom is 0.490 e. The smallest absolute Gasteiger partial charge is 0.475 e. The van der Waals surface area contributed by atoms with Gasteiger partial charge in [-0.15, -0.1) is 0 Å². The first-order valence-corrected chi connectivity index (χ1v) is 9.79. The van der Waals surface area contributed by atoms with E-state index in [1.807, 2.05) is 0 Å². The summed E-state index contributed by atoms with van der Waals surface area (Å²) in [5.41, 5.74) is -0.344. The van der Waals surface area contributed by atoms with E-state index in [9.17, 15) is 31.5 Å². The number of hydrogen-bond donors (Lipinski definition) is 1. The number of hydrogen-bond acceptors (Lipinski definition) is 6. The van der Waals surface area contributed by atoms with Gasteiger partial charge in [0.25, 0.3) is 12.3 Å². The molecule has 1 unspecified atom stereocenters. The maximum atomic E-state index is 13.2. The van der Waals surface area contributed by atoms with Crippen LogP contribution in [0.3, 0.4) is 0 Å². The standard InChI is InChI=1S/C17H18F2N6O2.C2HF3O2/c1-23-7-12(14(22-23)15(18)19)16(27)24-3-2-17(8-24)4-13(26)25(9-17)11-5-20-10-21-6-11;3-2(4,5)1(6)7/h5-7,10,15H,2-4,8-9H2,1H3;(H,6,7). The zero-order valence-corrected chi connectivity index (χ0v) is 17.7. The molecule has 0 aromatic carbocycles. The summed E-state index contributed by atoms with van der Waals surface area (Å²) in [6.07, 6.45) is -1.09. The molecular formula is C19H19F5N6O4. The lowest BCUT2D eigenvalue weighted by Crippen LogP contribution is -2.34. The second-order valence-corrected chi connectivity index (χ2v) is 7.94. The Kier molecular flexibility index (Phi) is 6.84. The van der Waals surface area contributed by atoms with E-state index in [1.165, 1.54) is 24.3 Å². The van der Waals surface area contributed by atoms with Crippen molar-refractivity contribution >= 4 is 23.5 Å². The van der Waals surface area contributed by atoms with Crippen LogP contribution in [0, 0.1) is 5.41 Å². The monoisotopic (exact) mass is 490 g/mol. The van der Waals surface area contributed by atoms with Gasteiger partial charge in [-0.3, -0.25) is 14.3 Å². The van der Waals surface area contributed by atoms with Gasteiger partial charge < -0.3 is 14.9 Å². The fraction of sp³-hybridized carbons (Fsp3) is 0.474. The van der Waals surface area contributed by atoms with Crippen molar-refractivity contribution in [3.63, 3.8) is 0 Å². The summed E-state index contributed by atoms with van der Waals surface area (Å²) >= 11 is 0. The summed E-state index contributed by atoms with van der Waals surface area (Å²) in [6.45, 7) is 1.22. The Morgan fingerprint density at radius 3 is 2.35 bits per heavy atom. The normalized spacial score (nSPS) is 20.1. The number of aromatic nitrogens is 4. The molecule has 2 saturated heterocycles. The van der Waals surface area contributed by atoms with Crippen LogP contribution < -0.4 is 4.90 Å². The number of rotatable bonds is 3.